The molecule has 2 saturated heterocycles. The van der Waals surface area contributed by atoms with Gasteiger partial charge < -0.3 is 19.5 Å². The molecule has 0 radical (unpaired) electrons. The largest absolute Gasteiger partial charge is 0.550 e. The summed E-state index contributed by atoms with van der Waals surface area (Å²) >= 11 is 5.86. The second kappa shape index (κ2) is 5.41. The summed E-state index contributed by atoms with van der Waals surface area (Å²) in [7, 11) is 0. The summed E-state index contributed by atoms with van der Waals surface area (Å²) < 4.78 is 19.5. The molecule has 0 aliphatic carbocycles. The molecule has 1 aromatic rings. The number of carbonyl (C=O) groups is 2. The van der Waals surface area contributed by atoms with Crippen LogP contribution in [0, 0.1) is 17.7 Å². The van der Waals surface area contributed by atoms with Crippen LogP contribution in [0.2, 0.25) is 5.02 Å². The van der Waals surface area contributed by atoms with Gasteiger partial charge in [-0.05, 0) is 24.6 Å². The zero-order valence-corrected chi connectivity index (χ0v) is 13.8. The molecule has 0 saturated carbocycles. The summed E-state index contributed by atoms with van der Waals surface area (Å²) in [5, 5.41) is 11.5. The third-order valence-corrected chi connectivity index (χ3v) is 5.55. The lowest BCUT2D eigenvalue weighted by Crippen LogP contribution is -2.46. The van der Waals surface area contributed by atoms with Crippen molar-refractivity contribution in [3.05, 3.63) is 53.8 Å². The van der Waals surface area contributed by atoms with Crippen LogP contribution < -0.4 is 10.0 Å². The Kier molecular flexibility index (Phi) is 3.53. The smallest absolute Gasteiger partial charge is 0.234 e. The normalized spacial score (nSPS) is 35.3. The fraction of sp³-hybridized carbons (Fsp3) is 0.333. The highest BCUT2D eigenvalue weighted by Gasteiger charge is 2.69. The molecule has 7 heteroatoms. The van der Waals surface area contributed by atoms with E-state index < -0.39 is 47.3 Å². The first-order valence-corrected chi connectivity index (χ1v) is 8.25. The van der Waals surface area contributed by atoms with Crippen LogP contribution in [0.15, 0.2) is 43.0 Å². The van der Waals surface area contributed by atoms with Gasteiger partial charge in [-0.25, -0.2) is 4.39 Å². The number of aliphatic carboxylic acids is 1. The Bertz CT molecular complexity index is 825. The minimum Gasteiger partial charge on any atom is -0.550 e. The summed E-state index contributed by atoms with van der Waals surface area (Å²) in [4.78, 5) is 26.2. The van der Waals surface area contributed by atoms with E-state index in [2.05, 4.69) is 6.58 Å². The summed E-state index contributed by atoms with van der Waals surface area (Å²) in [6.07, 6.45) is 4.78. The lowest BCUT2D eigenvalue weighted by atomic mass is 9.74. The zero-order chi connectivity index (χ0) is 17.9. The van der Waals surface area contributed by atoms with Gasteiger partial charge in [0, 0.05) is 17.6 Å². The van der Waals surface area contributed by atoms with Gasteiger partial charge in [0.15, 0.2) is 0 Å². The molecule has 130 valence electrons. The minimum absolute atomic E-state index is 0.116. The number of hydrogen-bond acceptors (Lipinski definition) is 4. The second-order valence-corrected chi connectivity index (χ2v) is 6.87. The van der Waals surface area contributed by atoms with Gasteiger partial charge in [0.25, 0.3) is 0 Å². The van der Waals surface area contributed by atoms with Crippen LogP contribution in [-0.2, 0) is 14.3 Å². The summed E-state index contributed by atoms with van der Waals surface area (Å²) in [6.45, 7) is 3.72. The molecular formula is C18H14ClFNO4-. The fourth-order valence-corrected chi connectivity index (χ4v) is 4.48. The van der Waals surface area contributed by atoms with Crippen molar-refractivity contribution in [2.75, 3.05) is 4.90 Å². The molecule has 25 heavy (non-hydrogen) atoms. The maximum absolute atomic E-state index is 13.5. The van der Waals surface area contributed by atoms with Crippen LogP contribution in [0.25, 0.3) is 0 Å². The zero-order valence-electron chi connectivity index (χ0n) is 13.0. The molecule has 1 amide bonds. The molecule has 1 spiro atoms. The van der Waals surface area contributed by atoms with E-state index in [-0.39, 0.29) is 5.02 Å². The third-order valence-electron chi connectivity index (χ3n) is 5.27. The Morgan fingerprint density at radius 2 is 2.28 bits per heavy atom. The van der Waals surface area contributed by atoms with E-state index in [4.69, 9.17) is 16.3 Å². The van der Waals surface area contributed by atoms with E-state index in [0.717, 1.165) is 0 Å². The number of nitrogens with zero attached hydrogens (tertiary/aromatic N) is 1. The number of carboxylic acid groups (broad SMARTS) is 1. The highest BCUT2D eigenvalue weighted by molar-refractivity contribution is 6.31. The summed E-state index contributed by atoms with van der Waals surface area (Å²) in [5.41, 5.74) is -0.661. The lowest BCUT2D eigenvalue weighted by molar-refractivity contribution is -0.313. The topological polar surface area (TPSA) is 69.7 Å². The average Bonchev–Trinajstić information content (AvgIpc) is 3.20. The number of halogens is 2. The summed E-state index contributed by atoms with van der Waals surface area (Å²) in [5.74, 6) is -4.24. The van der Waals surface area contributed by atoms with Crippen molar-refractivity contribution < 1.29 is 23.8 Å². The average molecular weight is 363 g/mol. The molecule has 3 aliphatic heterocycles. The number of carbonyl (C=O) groups excluding carboxylic acids is 2. The standard InChI is InChI=1S/C18H15ClFNO4/c1-2-3-13-18-7-6-12(25-18)14(17(23)24)15(18)16(22)21(13)9-4-5-11(20)10(19)8-9/h2,4-8,12-15H,1,3H2,(H,23,24)/p-1/t12-,13+,14-,15+,18+/m0/s1. The van der Waals surface area contributed by atoms with Gasteiger partial charge in [0.1, 0.15) is 11.4 Å². The van der Waals surface area contributed by atoms with Crippen molar-refractivity contribution >= 4 is 29.2 Å². The molecule has 2 fully saturated rings. The van der Waals surface area contributed by atoms with E-state index in [0.29, 0.717) is 12.1 Å². The van der Waals surface area contributed by atoms with E-state index in [1.54, 1.807) is 18.2 Å². The molecule has 0 unspecified atom stereocenters. The van der Waals surface area contributed by atoms with Crippen LogP contribution in [0.3, 0.4) is 0 Å². The van der Waals surface area contributed by atoms with Crippen LogP contribution in [0.1, 0.15) is 6.42 Å². The number of fused-ring (bicyclic) bond motifs is 1. The van der Waals surface area contributed by atoms with Gasteiger partial charge in [-0.2, -0.15) is 0 Å². The van der Waals surface area contributed by atoms with Crippen molar-refractivity contribution in [3.8, 4) is 0 Å². The van der Waals surface area contributed by atoms with Crippen LogP contribution in [-0.4, -0.2) is 29.6 Å². The Hall–Kier alpha value is -2.18. The van der Waals surface area contributed by atoms with Gasteiger partial charge in [-0.3, -0.25) is 4.79 Å². The van der Waals surface area contributed by atoms with Crippen molar-refractivity contribution in [1.29, 1.82) is 0 Å². The SMILES string of the molecule is C=CC[C@H]1N(c2ccc(F)c(Cl)c2)C(=O)[C@H]2[C@@H](C(=O)[O-])[C@@H]3C=C[C@]21O3. The van der Waals surface area contributed by atoms with Gasteiger partial charge in [0.05, 0.1) is 23.1 Å². The van der Waals surface area contributed by atoms with Crippen molar-refractivity contribution in [1.82, 2.24) is 0 Å². The predicted molar refractivity (Wildman–Crippen MR) is 86.2 cm³/mol. The minimum atomic E-state index is -1.31. The number of hydrogen-bond donors (Lipinski definition) is 0. The maximum Gasteiger partial charge on any atom is 0.234 e. The van der Waals surface area contributed by atoms with Gasteiger partial charge >= 0.3 is 0 Å². The Balaban J connectivity index is 1.84. The first kappa shape index (κ1) is 16.3. The number of rotatable bonds is 4. The van der Waals surface area contributed by atoms with Crippen molar-refractivity contribution in [2.45, 2.75) is 24.2 Å². The molecule has 3 heterocycles. The Morgan fingerprint density at radius 3 is 2.92 bits per heavy atom. The highest BCUT2D eigenvalue weighted by Crippen LogP contribution is 2.56. The van der Waals surface area contributed by atoms with E-state index >= 15 is 0 Å². The van der Waals surface area contributed by atoms with E-state index in [1.165, 1.54) is 23.1 Å². The van der Waals surface area contributed by atoms with Crippen LogP contribution in [0.4, 0.5) is 10.1 Å². The Labute approximate surface area is 148 Å². The number of amides is 1. The van der Waals surface area contributed by atoms with Gasteiger partial charge in [0.2, 0.25) is 5.91 Å². The van der Waals surface area contributed by atoms with Crippen molar-refractivity contribution in [2.24, 2.45) is 11.8 Å². The first-order valence-electron chi connectivity index (χ1n) is 7.88. The molecule has 3 aliphatic rings. The lowest BCUT2D eigenvalue weighted by Gasteiger charge is -2.32. The Morgan fingerprint density at radius 1 is 1.52 bits per heavy atom. The molecule has 4 rings (SSSR count). The van der Waals surface area contributed by atoms with Crippen LogP contribution in [0.5, 0.6) is 0 Å². The number of benzene rings is 1. The van der Waals surface area contributed by atoms with Gasteiger partial charge in [-0.1, -0.05) is 29.8 Å². The number of carboxylic acids is 1. The summed E-state index contributed by atoms with van der Waals surface area (Å²) in [6, 6.07) is 3.48. The number of anilines is 1. The van der Waals surface area contributed by atoms with Gasteiger partial charge in [-0.15, -0.1) is 6.58 Å². The third kappa shape index (κ3) is 2.04. The molecule has 5 nitrogen and oxygen atoms in total. The van der Waals surface area contributed by atoms with Crippen molar-refractivity contribution in [3.63, 3.8) is 0 Å². The maximum atomic E-state index is 13.5. The quantitative estimate of drug-likeness (QED) is 0.760. The van der Waals surface area contributed by atoms with Crippen LogP contribution >= 0.6 is 11.6 Å². The second-order valence-electron chi connectivity index (χ2n) is 6.46. The predicted octanol–water partition coefficient (Wildman–Crippen LogP) is 1.46. The molecule has 5 atom stereocenters. The first-order chi connectivity index (χ1) is 11.9. The van der Waals surface area contributed by atoms with E-state index in [1.807, 2.05) is 0 Å². The monoisotopic (exact) mass is 362 g/mol. The molecule has 0 aromatic heterocycles. The van der Waals surface area contributed by atoms with E-state index in [9.17, 15) is 19.1 Å². The molecule has 1 aromatic carbocycles. The molecular weight excluding hydrogens is 349 g/mol. The fourth-order valence-electron chi connectivity index (χ4n) is 4.31. The molecule has 2 bridgehead atoms. The number of ether oxygens (including phenoxy) is 1. The molecule has 0 N–H and O–H groups in total. The highest BCUT2D eigenvalue weighted by atomic mass is 35.5.